The predicted octanol–water partition coefficient (Wildman–Crippen LogP) is -4.41. The summed E-state index contributed by atoms with van der Waals surface area (Å²) in [6.45, 7) is 2.17. The number of rotatable bonds is 7. The zero-order valence-corrected chi connectivity index (χ0v) is 16.0. The van der Waals surface area contributed by atoms with E-state index in [0.29, 0.717) is 18.1 Å². The maximum atomic E-state index is 12.0. The van der Waals surface area contributed by atoms with Crippen molar-refractivity contribution in [2.75, 3.05) is 18.1 Å². The Morgan fingerprint density at radius 1 is 1.57 bits per heavy atom. The summed E-state index contributed by atoms with van der Waals surface area (Å²) in [5, 5.41) is 4.99. The van der Waals surface area contributed by atoms with Gasteiger partial charge < -0.3 is 28.4 Å². The van der Waals surface area contributed by atoms with Gasteiger partial charge in [-0.2, -0.15) is 0 Å². The molecule has 1 aromatic heterocycles. The van der Waals surface area contributed by atoms with Crippen LogP contribution in [0.3, 0.4) is 0 Å². The SMILES string of the molecule is C[C@H](CCN=C(N)NS(C)(=O)=O)[C@H]([NH3+])C(=O)Nc1nccs1.[Br-]. The van der Waals surface area contributed by atoms with E-state index in [1.165, 1.54) is 11.3 Å². The molecule has 7 N–H and O–H groups in total. The fourth-order valence-corrected chi connectivity index (χ4v) is 2.53. The van der Waals surface area contributed by atoms with Gasteiger partial charge in [0.25, 0.3) is 5.91 Å². The van der Waals surface area contributed by atoms with Crippen LogP contribution in [0.25, 0.3) is 0 Å². The molecule has 12 heteroatoms. The van der Waals surface area contributed by atoms with Crippen molar-refractivity contribution in [3.8, 4) is 0 Å². The number of sulfonamides is 1. The summed E-state index contributed by atoms with van der Waals surface area (Å²) < 4.78 is 24.0. The van der Waals surface area contributed by atoms with Crippen molar-refractivity contribution in [2.24, 2.45) is 16.6 Å². The van der Waals surface area contributed by atoms with E-state index in [9.17, 15) is 13.2 Å². The summed E-state index contributed by atoms with van der Waals surface area (Å²) >= 11 is 1.33. The molecular weight excluding hydrogens is 408 g/mol. The molecular formula is C11H21BrN6O3S2. The van der Waals surface area contributed by atoms with Crippen LogP contribution in [0.2, 0.25) is 0 Å². The van der Waals surface area contributed by atoms with E-state index >= 15 is 0 Å². The van der Waals surface area contributed by atoms with E-state index < -0.39 is 16.1 Å². The third-order valence-corrected chi connectivity index (χ3v) is 4.11. The van der Waals surface area contributed by atoms with Gasteiger partial charge in [0.15, 0.2) is 11.2 Å². The Balaban J connectivity index is 0.00000484. The number of halogens is 1. The number of nitrogens with zero attached hydrogens (tertiary/aromatic N) is 2. The molecule has 0 aliphatic heterocycles. The first-order valence-electron chi connectivity index (χ1n) is 6.50. The van der Waals surface area contributed by atoms with Crippen LogP contribution in [0.4, 0.5) is 5.13 Å². The van der Waals surface area contributed by atoms with Crippen molar-refractivity contribution in [2.45, 2.75) is 19.4 Å². The number of nitrogens with one attached hydrogen (secondary N) is 2. The van der Waals surface area contributed by atoms with Crippen molar-refractivity contribution in [1.82, 2.24) is 9.71 Å². The van der Waals surface area contributed by atoms with Crippen molar-refractivity contribution in [3.05, 3.63) is 11.6 Å². The van der Waals surface area contributed by atoms with Crippen LogP contribution in [0.5, 0.6) is 0 Å². The van der Waals surface area contributed by atoms with Crippen LogP contribution in [0.1, 0.15) is 13.3 Å². The zero-order valence-electron chi connectivity index (χ0n) is 12.8. The molecule has 1 rings (SSSR count). The van der Waals surface area contributed by atoms with E-state index in [2.05, 4.69) is 25.7 Å². The first kappa shape index (κ1) is 21.8. The van der Waals surface area contributed by atoms with Gasteiger partial charge >= 0.3 is 0 Å². The third-order valence-electron chi connectivity index (χ3n) is 2.84. The molecule has 9 nitrogen and oxygen atoms in total. The highest BCUT2D eigenvalue weighted by Gasteiger charge is 2.24. The molecule has 1 heterocycles. The van der Waals surface area contributed by atoms with Gasteiger partial charge in [-0.05, 0) is 6.42 Å². The first-order valence-corrected chi connectivity index (χ1v) is 9.27. The summed E-state index contributed by atoms with van der Waals surface area (Å²) in [7, 11) is -3.42. The molecule has 0 radical (unpaired) electrons. The summed E-state index contributed by atoms with van der Waals surface area (Å²) in [6.07, 6.45) is 3.15. The number of hydrogen-bond acceptors (Lipinski definition) is 6. The van der Waals surface area contributed by atoms with Crippen molar-refractivity contribution in [3.63, 3.8) is 0 Å². The lowest BCUT2D eigenvalue weighted by atomic mass is 9.98. The second kappa shape index (κ2) is 9.80. The van der Waals surface area contributed by atoms with Gasteiger partial charge in [-0.15, -0.1) is 11.3 Å². The fourth-order valence-electron chi connectivity index (χ4n) is 1.55. The Morgan fingerprint density at radius 2 is 2.22 bits per heavy atom. The van der Waals surface area contributed by atoms with E-state index in [1.54, 1.807) is 11.6 Å². The molecule has 23 heavy (non-hydrogen) atoms. The van der Waals surface area contributed by atoms with Crippen LogP contribution < -0.4 is 38.5 Å². The minimum Gasteiger partial charge on any atom is -1.00 e. The smallest absolute Gasteiger partial charge is 0.284 e. The number of quaternary nitrogens is 1. The number of amides is 1. The van der Waals surface area contributed by atoms with Gasteiger partial charge in [0.2, 0.25) is 16.0 Å². The van der Waals surface area contributed by atoms with E-state index in [0.717, 1.165) is 6.26 Å². The van der Waals surface area contributed by atoms with Gasteiger partial charge in [-0.1, -0.05) is 6.92 Å². The molecule has 0 aliphatic rings. The largest absolute Gasteiger partial charge is 1.00 e. The highest BCUT2D eigenvalue weighted by Crippen LogP contribution is 2.12. The van der Waals surface area contributed by atoms with Gasteiger partial charge in [0.1, 0.15) is 0 Å². The number of nitrogens with two attached hydrogens (primary N) is 1. The summed E-state index contributed by atoms with van der Waals surface area (Å²) in [5.74, 6) is -0.425. The molecule has 0 saturated carbocycles. The Labute approximate surface area is 149 Å². The molecule has 1 aromatic rings. The fraction of sp³-hybridized carbons (Fsp3) is 0.545. The zero-order chi connectivity index (χ0) is 16.8. The standard InChI is InChI=1S/C11H20N6O3S2.BrH/c1-7(3-4-14-10(13)17-22(2,19)20)8(12)9(18)16-11-15-5-6-21-11;/h5-8H,3-4,12H2,1-2H3,(H3,13,14,17)(H,15,16,18);1H/t7-,8+;/m1./s1. The van der Waals surface area contributed by atoms with Gasteiger partial charge in [-0.3, -0.25) is 19.8 Å². The maximum absolute atomic E-state index is 12.0. The summed E-state index contributed by atoms with van der Waals surface area (Å²) in [4.78, 5) is 19.9. The van der Waals surface area contributed by atoms with Crippen LogP contribution in [0.15, 0.2) is 16.6 Å². The van der Waals surface area contributed by atoms with E-state index in [1.807, 2.05) is 6.92 Å². The van der Waals surface area contributed by atoms with Gasteiger partial charge in [0.05, 0.1) is 6.26 Å². The molecule has 0 saturated heterocycles. The molecule has 132 valence electrons. The quantitative estimate of drug-likeness (QED) is 0.255. The lowest BCUT2D eigenvalue weighted by Crippen LogP contribution is -3.00. The number of aliphatic imine (C=N–C) groups is 1. The lowest BCUT2D eigenvalue weighted by Gasteiger charge is -2.14. The number of hydrogen-bond donors (Lipinski definition) is 4. The molecule has 0 bridgehead atoms. The van der Waals surface area contributed by atoms with Crippen molar-refractivity contribution < 1.29 is 35.9 Å². The highest BCUT2D eigenvalue weighted by atomic mass is 79.9. The number of aromatic nitrogens is 1. The molecule has 0 fully saturated rings. The Bertz CT molecular complexity index is 620. The minimum absolute atomic E-state index is 0. The number of carbonyl (C=O) groups excluding carboxylic acids is 1. The van der Waals surface area contributed by atoms with Crippen LogP contribution in [0, 0.1) is 5.92 Å². The van der Waals surface area contributed by atoms with Crippen LogP contribution in [-0.4, -0.2) is 44.1 Å². The second-order valence-corrected chi connectivity index (χ2v) is 7.48. The number of thiazole rings is 1. The average Bonchev–Trinajstić information content (AvgIpc) is 2.88. The van der Waals surface area contributed by atoms with E-state index in [4.69, 9.17) is 5.73 Å². The molecule has 0 unspecified atom stereocenters. The maximum Gasteiger partial charge on any atom is 0.284 e. The number of anilines is 1. The summed E-state index contributed by atoms with van der Waals surface area (Å²) in [5.41, 5.74) is 9.28. The van der Waals surface area contributed by atoms with Crippen LogP contribution in [-0.2, 0) is 14.8 Å². The normalized spacial score (nSPS) is 14.5. The number of carbonyl (C=O) groups is 1. The Morgan fingerprint density at radius 3 is 2.74 bits per heavy atom. The molecule has 0 aliphatic carbocycles. The third kappa shape index (κ3) is 8.83. The lowest BCUT2D eigenvalue weighted by molar-refractivity contribution is -0.414. The monoisotopic (exact) mass is 428 g/mol. The van der Waals surface area contributed by atoms with E-state index in [-0.39, 0.29) is 34.8 Å². The summed E-state index contributed by atoms with van der Waals surface area (Å²) in [6, 6.07) is -0.469. The van der Waals surface area contributed by atoms with Crippen LogP contribution >= 0.6 is 11.3 Å². The predicted molar refractivity (Wildman–Crippen MR) is 85.7 cm³/mol. The van der Waals surface area contributed by atoms with Gasteiger partial charge in [0, 0.05) is 24.0 Å². The molecule has 2 atom stereocenters. The van der Waals surface area contributed by atoms with Gasteiger partial charge in [-0.25, -0.2) is 13.4 Å². The van der Waals surface area contributed by atoms with Crippen molar-refractivity contribution in [1.29, 1.82) is 0 Å². The Hall–Kier alpha value is -1.24. The second-order valence-electron chi connectivity index (χ2n) is 4.84. The highest BCUT2D eigenvalue weighted by molar-refractivity contribution is 7.89. The topological polar surface area (TPSA) is 154 Å². The average molecular weight is 429 g/mol. The minimum atomic E-state index is -3.42. The molecule has 1 amide bonds. The number of guanidine groups is 1. The first-order chi connectivity index (χ1) is 10.2. The Kier molecular flexibility index (Phi) is 9.27. The molecule has 0 spiro atoms. The van der Waals surface area contributed by atoms with Crippen molar-refractivity contribution >= 4 is 38.4 Å². The molecule has 0 aromatic carbocycles.